The van der Waals surface area contributed by atoms with Crippen molar-refractivity contribution in [2.45, 2.75) is 40.5 Å². The molecule has 0 aliphatic carbocycles. The molecule has 1 aromatic heterocycles. The molecule has 110 valence electrons. The Hall–Kier alpha value is -1.42. The highest BCUT2D eigenvalue weighted by Gasteiger charge is 2.30. The fourth-order valence-corrected chi connectivity index (χ4v) is 2.65. The van der Waals surface area contributed by atoms with E-state index in [0.717, 1.165) is 25.3 Å². The van der Waals surface area contributed by atoms with E-state index in [1.165, 1.54) is 5.56 Å². The molecule has 0 unspecified atom stereocenters. The van der Waals surface area contributed by atoms with Gasteiger partial charge in [-0.3, -0.25) is 4.79 Å². The highest BCUT2D eigenvalue weighted by molar-refractivity contribution is 5.94. The Morgan fingerprint density at radius 1 is 1.20 bits per heavy atom. The van der Waals surface area contributed by atoms with Crippen LogP contribution in [-0.2, 0) is 11.2 Å². The quantitative estimate of drug-likeness (QED) is 0.829. The Bertz CT molecular complexity index is 461. The number of nitrogens with zero attached hydrogens (tertiary/aromatic N) is 3. The zero-order valence-corrected chi connectivity index (χ0v) is 13.0. The highest BCUT2D eigenvalue weighted by Crippen LogP contribution is 2.27. The molecule has 0 bridgehead atoms. The molecular formula is C16H25N3O. The number of rotatable bonds is 5. The van der Waals surface area contributed by atoms with Gasteiger partial charge >= 0.3 is 0 Å². The molecule has 0 saturated carbocycles. The van der Waals surface area contributed by atoms with Crippen molar-refractivity contribution in [2.75, 3.05) is 18.1 Å². The summed E-state index contributed by atoms with van der Waals surface area (Å²) in [5, 5.41) is 3.99. The number of fused-ring (bicyclic) bond motifs is 1. The predicted molar refractivity (Wildman–Crippen MR) is 81.3 cm³/mol. The first-order valence-electron chi connectivity index (χ1n) is 7.50. The molecule has 0 radical (unpaired) electrons. The second-order valence-corrected chi connectivity index (χ2v) is 6.35. The highest BCUT2D eigenvalue weighted by atomic mass is 16.2. The Morgan fingerprint density at radius 3 is 2.45 bits per heavy atom. The van der Waals surface area contributed by atoms with Gasteiger partial charge in [-0.1, -0.05) is 33.8 Å². The molecule has 4 heteroatoms. The van der Waals surface area contributed by atoms with Crippen LogP contribution in [0, 0.1) is 11.8 Å². The average Bonchev–Trinajstić information content (AvgIpc) is 2.36. The van der Waals surface area contributed by atoms with E-state index in [0.29, 0.717) is 18.3 Å². The molecule has 0 aromatic carbocycles. The molecule has 2 heterocycles. The minimum Gasteiger partial charge on any atom is -0.273 e. The van der Waals surface area contributed by atoms with Crippen LogP contribution in [0.1, 0.15) is 39.7 Å². The summed E-state index contributed by atoms with van der Waals surface area (Å²) in [7, 11) is 0. The minimum atomic E-state index is 0.164. The van der Waals surface area contributed by atoms with Gasteiger partial charge in [0.15, 0.2) is 5.82 Å². The third kappa shape index (κ3) is 3.37. The van der Waals surface area contributed by atoms with E-state index >= 15 is 0 Å². The van der Waals surface area contributed by atoms with Crippen molar-refractivity contribution < 1.29 is 4.79 Å². The maximum absolute atomic E-state index is 12.4. The summed E-state index contributed by atoms with van der Waals surface area (Å²) in [4.78, 5) is 16.9. The van der Waals surface area contributed by atoms with Crippen molar-refractivity contribution in [3.8, 4) is 0 Å². The van der Waals surface area contributed by atoms with Gasteiger partial charge in [0.25, 0.3) is 0 Å². The molecule has 0 fully saturated rings. The van der Waals surface area contributed by atoms with Crippen LogP contribution in [0.4, 0.5) is 5.82 Å². The molecule has 0 saturated heterocycles. The lowest BCUT2D eigenvalue weighted by Gasteiger charge is -2.39. The van der Waals surface area contributed by atoms with Gasteiger partial charge in [-0.15, -0.1) is 0 Å². The maximum Gasteiger partial charge on any atom is 0.243 e. The first-order chi connectivity index (χ1) is 9.49. The van der Waals surface area contributed by atoms with Gasteiger partial charge in [0.05, 0.1) is 0 Å². The van der Waals surface area contributed by atoms with Crippen LogP contribution in [0.15, 0.2) is 18.3 Å². The summed E-state index contributed by atoms with van der Waals surface area (Å²) in [5.41, 5.74) is 1.17. The van der Waals surface area contributed by atoms with Gasteiger partial charge < -0.3 is 0 Å². The zero-order chi connectivity index (χ0) is 14.7. The number of anilines is 1. The predicted octanol–water partition coefficient (Wildman–Crippen LogP) is 2.89. The summed E-state index contributed by atoms with van der Waals surface area (Å²) in [6.07, 6.45) is 3.15. The van der Waals surface area contributed by atoms with Crippen molar-refractivity contribution in [3.63, 3.8) is 0 Å². The molecule has 2 rings (SSSR count). The molecule has 1 aromatic rings. The molecule has 0 N–H and O–H groups in total. The number of hydrogen-bond acceptors (Lipinski definition) is 3. The monoisotopic (exact) mass is 275 g/mol. The largest absolute Gasteiger partial charge is 0.273 e. The lowest BCUT2D eigenvalue weighted by atomic mass is 10.1. The number of carbonyl (C=O) groups excluding carboxylic acids is 1. The number of pyridine rings is 1. The molecule has 1 amide bonds. The lowest BCUT2D eigenvalue weighted by Crippen LogP contribution is -2.52. The molecule has 0 atom stereocenters. The van der Waals surface area contributed by atoms with Crippen molar-refractivity contribution in [2.24, 2.45) is 11.8 Å². The number of aryl methyl sites for hydroxylation is 1. The van der Waals surface area contributed by atoms with Crippen molar-refractivity contribution in [1.82, 2.24) is 9.99 Å². The van der Waals surface area contributed by atoms with Crippen LogP contribution in [0.25, 0.3) is 0 Å². The number of aromatic nitrogens is 1. The normalized spacial score (nSPS) is 15.3. The van der Waals surface area contributed by atoms with E-state index in [9.17, 15) is 4.79 Å². The molecule has 20 heavy (non-hydrogen) atoms. The summed E-state index contributed by atoms with van der Waals surface area (Å²) in [6.45, 7) is 10.5. The zero-order valence-electron chi connectivity index (χ0n) is 13.0. The van der Waals surface area contributed by atoms with Crippen LogP contribution in [0.3, 0.4) is 0 Å². The molecule has 1 aliphatic heterocycles. The van der Waals surface area contributed by atoms with Crippen molar-refractivity contribution in [3.05, 3.63) is 23.9 Å². The molecule has 1 aliphatic rings. The van der Waals surface area contributed by atoms with Crippen molar-refractivity contribution in [1.29, 1.82) is 0 Å². The third-order valence-corrected chi connectivity index (χ3v) is 3.35. The summed E-state index contributed by atoms with van der Waals surface area (Å²) in [5.74, 6) is 2.01. The van der Waals surface area contributed by atoms with Crippen molar-refractivity contribution >= 4 is 11.7 Å². The molecule has 0 spiro atoms. The number of hydrogen-bond donors (Lipinski definition) is 0. The minimum absolute atomic E-state index is 0.164. The second kappa shape index (κ2) is 6.35. The average molecular weight is 275 g/mol. The number of hydrazine groups is 1. The molecule has 4 nitrogen and oxygen atoms in total. The van der Waals surface area contributed by atoms with Gasteiger partial charge in [-0.25, -0.2) is 15.0 Å². The van der Waals surface area contributed by atoms with E-state index in [-0.39, 0.29) is 5.91 Å². The summed E-state index contributed by atoms with van der Waals surface area (Å²) < 4.78 is 0. The van der Waals surface area contributed by atoms with Gasteiger partial charge in [-0.2, -0.15) is 0 Å². The van der Waals surface area contributed by atoms with E-state index in [1.54, 1.807) is 6.20 Å². The third-order valence-electron chi connectivity index (χ3n) is 3.35. The maximum atomic E-state index is 12.4. The van der Waals surface area contributed by atoms with Crippen LogP contribution < -0.4 is 5.01 Å². The lowest BCUT2D eigenvalue weighted by molar-refractivity contribution is -0.122. The van der Waals surface area contributed by atoms with Gasteiger partial charge in [0.1, 0.15) is 0 Å². The first kappa shape index (κ1) is 15.0. The molecular weight excluding hydrogens is 250 g/mol. The summed E-state index contributed by atoms with van der Waals surface area (Å²) >= 11 is 0. The topological polar surface area (TPSA) is 36.4 Å². The van der Waals surface area contributed by atoms with E-state index in [1.807, 2.05) is 11.1 Å². The Kier molecular flexibility index (Phi) is 4.76. The van der Waals surface area contributed by atoms with E-state index in [2.05, 4.69) is 43.8 Å². The van der Waals surface area contributed by atoms with Gasteiger partial charge in [0.2, 0.25) is 5.91 Å². The smallest absolute Gasteiger partial charge is 0.243 e. The van der Waals surface area contributed by atoms with E-state index in [4.69, 9.17) is 0 Å². The fraction of sp³-hybridized carbons (Fsp3) is 0.625. The van der Waals surface area contributed by atoms with Crippen LogP contribution in [0.5, 0.6) is 0 Å². The van der Waals surface area contributed by atoms with Gasteiger partial charge in [0, 0.05) is 25.7 Å². The van der Waals surface area contributed by atoms with Crippen LogP contribution in [0.2, 0.25) is 0 Å². The second-order valence-electron chi connectivity index (χ2n) is 6.35. The van der Waals surface area contributed by atoms with Crippen LogP contribution >= 0.6 is 0 Å². The Balaban J connectivity index is 2.33. The first-order valence-corrected chi connectivity index (χ1v) is 7.50. The Morgan fingerprint density at radius 2 is 1.85 bits per heavy atom. The van der Waals surface area contributed by atoms with E-state index < -0.39 is 0 Å². The number of amides is 1. The van der Waals surface area contributed by atoms with Crippen LogP contribution in [-0.4, -0.2) is 29.0 Å². The standard InChI is InChI=1S/C16H25N3O/c1-12(2)10-18(11-13(3)4)19-15(20)8-7-14-6-5-9-17-16(14)19/h5-6,9,12-13H,7-8,10-11H2,1-4H3. The Labute approximate surface area is 121 Å². The van der Waals surface area contributed by atoms with Gasteiger partial charge in [-0.05, 0) is 29.9 Å². The number of carbonyl (C=O) groups is 1. The SMILES string of the molecule is CC(C)CN(CC(C)C)N1C(=O)CCc2cccnc21. The summed E-state index contributed by atoms with van der Waals surface area (Å²) in [6, 6.07) is 4.02. The fourth-order valence-electron chi connectivity index (χ4n) is 2.65.